The Hall–Kier alpha value is -5.94. The summed E-state index contributed by atoms with van der Waals surface area (Å²) < 4.78 is 4.73. The molecular weight excluding hydrogens is 651 g/mol. The van der Waals surface area contributed by atoms with Gasteiger partial charge in [-0.1, -0.05) is 109 Å². The van der Waals surface area contributed by atoms with Gasteiger partial charge in [0, 0.05) is 44.9 Å². The molecule has 0 unspecified atom stereocenters. The maximum absolute atomic E-state index is 5.24. The van der Waals surface area contributed by atoms with E-state index in [9.17, 15) is 0 Å². The van der Waals surface area contributed by atoms with Crippen molar-refractivity contribution in [3.05, 3.63) is 156 Å². The number of aliphatic imine (C=N–C) groups is 1. The minimum Gasteiger partial charge on any atom is -0.337 e. The van der Waals surface area contributed by atoms with Gasteiger partial charge in [-0.3, -0.25) is 4.57 Å². The fourth-order valence-corrected chi connectivity index (χ4v) is 7.55. The van der Waals surface area contributed by atoms with Crippen LogP contribution in [0.4, 0.5) is 0 Å². The molecule has 3 heterocycles. The van der Waals surface area contributed by atoms with Crippen molar-refractivity contribution < 1.29 is 0 Å². The first-order chi connectivity index (χ1) is 25.4. The fraction of sp³-hybridized carbons (Fsp3) is 0.146. The van der Waals surface area contributed by atoms with E-state index < -0.39 is 0 Å². The fourth-order valence-electron chi connectivity index (χ4n) is 6.48. The van der Waals surface area contributed by atoms with Crippen LogP contribution in [0, 0.1) is 24.7 Å². The first-order valence-corrected chi connectivity index (χ1v) is 18.2. The lowest BCUT2D eigenvalue weighted by Gasteiger charge is -2.11. The zero-order valence-electron chi connectivity index (χ0n) is 30.7. The molecule has 0 bridgehead atoms. The smallest absolute Gasteiger partial charge is 0.133 e. The molecule has 4 aromatic carbocycles. The minimum absolute atomic E-state index is 0.804. The van der Waals surface area contributed by atoms with Crippen molar-refractivity contribution >= 4 is 66.9 Å². The Balaban J connectivity index is 0.000000817. The van der Waals surface area contributed by atoms with E-state index in [0.717, 1.165) is 41.1 Å². The van der Waals surface area contributed by atoms with E-state index in [1.807, 2.05) is 24.8 Å². The average Bonchev–Trinajstić information content (AvgIpc) is 3.83. The summed E-state index contributed by atoms with van der Waals surface area (Å²) >= 11 is 1.85. The van der Waals surface area contributed by atoms with Gasteiger partial charge in [-0.15, -0.1) is 24.7 Å². The summed E-state index contributed by atoms with van der Waals surface area (Å²) in [6, 6.07) is 30.7. The Bertz CT molecular complexity index is 2490. The lowest BCUT2D eigenvalue weighted by molar-refractivity contribution is 0.899. The molecule has 4 heteroatoms. The molecule has 258 valence electrons. The normalized spacial score (nSPS) is 14.1. The first kappa shape index (κ1) is 37.3. The highest BCUT2D eigenvalue weighted by Gasteiger charge is 2.18. The second-order valence-electron chi connectivity index (χ2n) is 12.1. The predicted molar refractivity (Wildman–Crippen MR) is 231 cm³/mol. The van der Waals surface area contributed by atoms with Crippen LogP contribution in [0.25, 0.3) is 49.4 Å². The summed E-state index contributed by atoms with van der Waals surface area (Å²) in [5.41, 5.74) is 8.09. The topological polar surface area (TPSA) is 22.2 Å². The zero-order chi connectivity index (χ0) is 37.0. The molecule has 6 aromatic rings. The molecule has 0 amide bonds. The number of aromatic nitrogens is 2. The van der Waals surface area contributed by atoms with Crippen LogP contribution in [0.3, 0.4) is 0 Å². The van der Waals surface area contributed by atoms with Crippen LogP contribution in [0.5, 0.6) is 0 Å². The van der Waals surface area contributed by atoms with Crippen LogP contribution in [0.2, 0.25) is 0 Å². The highest BCUT2D eigenvalue weighted by atomic mass is 32.2. The van der Waals surface area contributed by atoms with Gasteiger partial charge in [-0.2, -0.15) is 0 Å². The van der Waals surface area contributed by atoms with E-state index in [1.165, 1.54) is 47.9 Å². The number of para-hydroxylation sites is 2. The molecule has 0 atom stereocenters. The molecule has 1 aliphatic rings. The van der Waals surface area contributed by atoms with E-state index in [-0.39, 0.29) is 0 Å². The lowest BCUT2D eigenvalue weighted by Crippen LogP contribution is -2.01. The Morgan fingerprint density at radius 1 is 0.827 bits per heavy atom. The number of benzene rings is 4. The molecular formula is C48H45N3S. The van der Waals surface area contributed by atoms with Crippen LogP contribution >= 0.6 is 11.8 Å². The van der Waals surface area contributed by atoms with Crippen molar-refractivity contribution in [1.82, 2.24) is 9.13 Å². The number of hydrogen-bond acceptors (Lipinski definition) is 2. The molecule has 7 rings (SSSR count). The van der Waals surface area contributed by atoms with Crippen LogP contribution in [0.1, 0.15) is 40.2 Å². The van der Waals surface area contributed by atoms with Gasteiger partial charge in [0.15, 0.2) is 0 Å². The van der Waals surface area contributed by atoms with Gasteiger partial charge in [-0.05, 0) is 93.1 Å². The number of hydrogen-bond donors (Lipinski definition) is 0. The van der Waals surface area contributed by atoms with Crippen molar-refractivity contribution in [3.63, 3.8) is 0 Å². The van der Waals surface area contributed by atoms with Crippen molar-refractivity contribution in [1.29, 1.82) is 0 Å². The summed E-state index contributed by atoms with van der Waals surface area (Å²) in [5, 5.41) is 4.93. The van der Waals surface area contributed by atoms with E-state index in [4.69, 9.17) is 4.99 Å². The van der Waals surface area contributed by atoms with E-state index in [1.54, 1.807) is 13.8 Å². The van der Waals surface area contributed by atoms with Gasteiger partial charge in [0.05, 0.1) is 22.3 Å². The number of nitrogens with zero attached hydrogens (tertiary/aromatic N) is 3. The lowest BCUT2D eigenvalue weighted by atomic mass is 10.1. The van der Waals surface area contributed by atoms with Crippen molar-refractivity contribution in [3.8, 4) is 24.7 Å². The molecule has 1 aliphatic heterocycles. The molecule has 0 saturated heterocycles. The van der Waals surface area contributed by atoms with Crippen LogP contribution in [-0.2, 0) is 13.0 Å². The molecule has 52 heavy (non-hydrogen) atoms. The summed E-state index contributed by atoms with van der Waals surface area (Å²) in [6.07, 6.45) is 27.0. The van der Waals surface area contributed by atoms with Gasteiger partial charge in [0.2, 0.25) is 0 Å². The van der Waals surface area contributed by atoms with Gasteiger partial charge < -0.3 is 4.57 Å². The highest BCUT2D eigenvalue weighted by molar-refractivity contribution is 8.03. The zero-order valence-corrected chi connectivity index (χ0v) is 31.5. The van der Waals surface area contributed by atoms with Crippen molar-refractivity contribution in [2.75, 3.05) is 0 Å². The Labute approximate surface area is 313 Å². The number of fused-ring (bicyclic) bond motifs is 7. The first-order valence-electron chi connectivity index (χ1n) is 17.4. The minimum atomic E-state index is 0.804. The van der Waals surface area contributed by atoms with Crippen LogP contribution in [-0.4, -0.2) is 14.8 Å². The predicted octanol–water partition coefficient (Wildman–Crippen LogP) is 12.9. The van der Waals surface area contributed by atoms with Gasteiger partial charge >= 0.3 is 0 Å². The van der Waals surface area contributed by atoms with E-state index in [2.05, 4.69) is 182 Å². The highest BCUT2D eigenvalue weighted by Crippen LogP contribution is 2.40. The quantitative estimate of drug-likeness (QED) is 0.0883. The number of allylic oxidation sites excluding steroid dienone is 10. The van der Waals surface area contributed by atoms with Gasteiger partial charge in [0.1, 0.15) is 5.82 Å². The molecule has 2 aromatic heterocycles. The third-order valence-electron chi connectivity index (χ3n) is 8.71. The molecule has 3 nitrogen and oxygen atoms in total. The van der Waals surface area contributed by atoms with E-state index in [0.29, 0.717) is 0 Å². The Kier molecular flexibility index (Phi) is 12.8. The summed E-state index contributed by atoms with van der Waals surface area (Å²) in [4.78, 5) is 7.94. The standard InChI is InChI=1S/C42H37N3S.2C3H4/c1-5-8-9-16-25-44-37-20-13-11-18-32(37)34-28-40-35(27-39(34)44)33-19-12-14-21-38(33)45(40)42(7-3)43-36(6-2)29(4)23-24-31-26-30-17-10-15-22-41(30)46-31;2*1-3-2/h5-24,27-28H,2,25-26H2,1,3-4H3;2*1H,2H3/b8-5-,16-9-,29-23+,31-24+,42-7+,43-36+;;. The van der Waals surface area contributed by atoms with Crippen LogP contribution < -0.4 is 0 Å². The van der Waals surface area contributed by atoms with Gasteiger partial charge in [-0.25, -0.2) is 4.99 Å². The molecule has 0 saturated carbocycles. The number of thioether (sulfide) groups is 1. The summed E-state index contributed by atoms with van der Waals surface area (Å²) in [5.74, 6) is 5.38. The molecule has 0 radical (unpaired) electrons. The SMILES string of the molecule is C#CC.C#CC.C=CC(=N\C(=C/C)n1c2ccccc2c2cc3c(cc21)c1ccccc1n3C/C=C\C=C/C)/C(C)=C/C=C1\Cc2ccccc2S1. The van der Waals surface area contributed by atoms with Crippen molar-refractivity contribution in [2.24, 2.45) is 4.99 Å². The third-order valence-corrected chi connectivity index (χ3v) is 9.87. The molecule has 0 N–H and O–H groups in total. The number of terminal acetylenes is 2. The second kappa shape index (κ2) is 17.8. The molecule has 0 spiro atoms. The second-order valence-corrected chi connectivity index (χ2v) is 13.3. The van der Waals surface area contributed by atoms with Crippen LogP contribution in [0.15, 0.2) is 160 Å². The van der Waals surface area contributed by atoms with E-state index >= 15 is 0 Å². The third kappa shape index (κ3) is 7.84. The monoisotopic (exact) mass is 695 g/mol. The van der Waals surface area contributed by atoms with Gasteiger partial charge in [0.25, 0.3) is 0 Å². The Morgan fingerprint density at radius 3 is 2.12 bits per heavy atom. The Morgan fingerprint density at radius 2 is 1.44 bits per heavy atom. The maximum Gasteiger partial charge on any atom is 0.133 e. The average molecular weight is 696 g/mol. The molecule has 0 fully saturated rings. The maximum atomic E-state index is 5.24. The number of rotatable bonds is 8. The van der Waals surface area contributed by atoms with Crippen molar-refractivity contribution in [2.45, 2.75) is 52.5 Å². The largest absolute Gasteiger partial charge is 0.337 e. The summed E-state index contributed by atoms with van der Waals surface area (Å²) in [7, 11) is 0. The molecule has 0 aliphatic carbocycles. The summed E-state index contributed by atoms with van der Waals surface area (Å²) in [6.45, 7) is 14.5.